The van der Waals surface area contributed by atoms with E-state index in [2.05, 4.69) is 22.6 Å². The molecule has 0 saturated carbocycles. The van der Waals surface area contributed by atoms with Crippen LogP contribution in [-0.4, -0.2) is 38.7 Å². The third kappa shape index (κ3) is 4.25. The molecule has 0 radical (unpaired) electrons. The average molecular weight is 507 g/mol. The summed E-state index contributed by atoms with van der Waals surface area (Å²) in [5.74, 6) is 0.0477. The summed E-state index contributed by atoms with van der Waals surface area (Å²) in [7, 11) is 0. The van der Waals surface area contributed by atoms with Crippen molar-refractivity contribution >= 4 is 51.2 Å². The minimum absolute atomic E-state index is 0.0477. The fourth-order valence-corrected chi connectivity index (χ4v) is 4.52. The standard InChI is InChI=1S/C21H22IN3O2S/c1-4-24(5-2)19(26)14(3)28-21-23-18-12-11-15(22)13-17(18)20(27)25(21)16-9-7-6-8-10-16/h6-14H,4-5H2,1-3H3. The van der Waals surface area contributed by atoms with E-state index < -0.39 is 0 Å². The Hall–Kier alpha value is -1.87. The van der Waals surface area contributed by atoms with E-state index in [1.165, 1.54) is 11.8 Å². The number of para-hydroxylation sites is 1. The van der Waals surface area contributed by atoms with Gasteiger partial charge in [-0.15, -0.1) is 0 Å². The predicted octanol–water partition coefficient (Wildman–Crippen LogP) is 4.34. The van der Waals surface area contributed by atoms with Gasteiger partial charge in [0.05, 0.1) is 21.8 Å². The van der Waals surface area contributed by atoms with E-state index in [1.54, 1.807) is 9.47 Å². The number of hydrogen-bond acceptors (Lipinski definition) is 4. The van der Waals surface area contributed by atoms with Gasteiger partial charge in [0.25, 0.3) is 5.56 Å². The van der Waals surface area contributed by atoms with E-state index in [-0.39, 0.29) is 16.7 Å². The van der Waals surface area contributed by atoms with Gasteiger partial charge in [-0.05, 0) is 73.7 Å². The lowest BCUT2D eigenvalue weighted by Crippen LogP contribution is -2.36. The number of carbonyl (C=O) groups excluding carboxylic acids is 1. The molecule has 2 aromatic carbocycles. The molecule has 0 bridgehead atoms. The Balaban J connectivity index is 2.14. The number of hydrogen-bond donors (Lipinski definition) is 0. The van der Waals surface area contributed by atoms with E-state index in [0.29, 0.717) is 29.1 Å². The van der Waals surface area contributed by atoms with Crippen molar-refractivity contribution in [1.82, 2.24) is 14.5 Å². The Morgan fingerprint density at radius 2 is 1.86 bits per heavy atom. The monoisotopic (exact) mass is 507 g/mol. The number of carbonyl (C=O) groups is 1. The molecule has 5 nitrogen and oxygen atoms in total. The van der Waals surface area contributed by atoms with Gasteiger partial charge in [0.1, 0.15) is 0 Å². The lowest BCUT2D eigenvalue weighted by atomic mass is 10.2. The summed E-state index contributed by atoms with van der Waals surface area (Å²) < 4.78 is 2.59. The van der Waals surface area contributed by atoms with Crippen LogP contribution in [0.5, 0.6) is 0 Å². The molecule has 0 N–H and O–H groups in total. The van der Waals surface area contributed by atoms with Gasteiger partial charge in [0.15, 0.2) is 5.16 Å². The summed E-state index contributed by atoms with van der Waals surface area (Å²) in [5, 5.41) is 0.754. The van der Waals surface area contributed by atoms with Crippen molar-refractivity contribution in [2.24, 2.45) is 0 Å². The zero-order valence-electron chi connectivity index (χ0n) is 16.1. The van der Waals surface area contributed by atoms with Crippen LogP contribution in [0.4, 0.5) is 0 Å². The van der Waals surface area contributed by atoms with Crippen LogP contribution < -0.4 is 5.56 Å². The maximum absolute atomic E-state index is 13.3. The number of halogens is 1. The molecule has 3 rings (SSSR count). The predicted molar refractivity (Wildman–Crippen MR) is 123 cm³/mol. The van der Waals surface area contributed by atoms with Crippen molar-refractivity contribution < 1.29 is 4.79 Å². The van der Waals surface area contributed by atoms with E-state index in [1.807, 2.05) is 69.3 Å². The summed E-state index contributed by atoms with van der Waals surface area (Å²) in [6, 6.07) is 15.1. The summed E-state index contributed by atoms with van der Waals surface area (Å²) in [6.07, 6.45) is 0. The van der Waals surface area contributed by atoms with Gasteiger partial charge in [-0.2, -0.15) is 0 Å². The molecule has 0 aliphatic rings. The lowest BCUT2D eigenvalue weighted by Gasteiger charge is -2.23. The third-order valence-electron chi connectivity index (χ3n) is 4.52. The molecule has 1 atom stereocenters. The first kappa shape index (κ1) is 20.9. The van der Waals surface area contributed by atoms with E-state index in [0.717, 1.165) is 9.26 Å². The highest BCUT2D eigenvalue weighted by Crippen LogP contribution is 2.26. The minimum Gasteiger partial charge on any atom is -0.342 e. The number of benzene rings is 2. The Labute approximate surface area is 182 Å². The molecule has 3 aromatic rings. The van der Waals surface area contributed by atoms with Crippen molar-refractivity contribution in [2.45, 2.75) is 31.2 Å². The number of thioether (sulfide) groups is 1. The number of aromatic nitrogens is 2. The van der Waals surface area contributed by atoms with Crippen LogP contribution >= 0.6 is 34.4 Å². The largest absolute Gasteiger partial charge is 0.342 e. The number of nitrogens with zero attached hydrogens (tertiary/aromatic N) is 3. The maximum Gasteiger partial charge on any atom is 0.266 e. The minimum atomic E-state index is -0.344. The Morgan fingerprint density at radius 1 is 1.18 bits per heavy atom. The Morgan fingerprint density at radius 3 is 2.50 bits per heavy atom. The fourth-order valence-electron chi connectivity index (χ4n) is 3.02. The van der Waals surface area contributed by atoms with Crippen LogP contribution in [0.2, 0.25) is 0 Å². The summed E-state index contributed by atoms with van der Waals surface area (Å²) >= 11 is 3.52. The zero-order chi connectivity index (χ0) is 20.3. The van der Waals surface area contributed by atoms with Crippen LogP contribution in [0, 0.1) is 3.57 Å². The van der Waals surface area contributed by atoms with Gasteiger partial charge in [-0.1, -0.05) is 30.0 Å². The highest BCUT2D eigenvalue weighted by molar-refractivity contribution is 14.1. The molecular weight excluding hydrogens is 485 g/mol. The Kier molecular flexibility index (Phi) is 6.77. The van der Waals surface area contributed by atoms with Crippen molar-refractivity contribution in [1.29, 1.82) is 0 Å². The lowest BCUT2D eigenvalue weighted by molar-refractivity contribution is -0.129. The van der Waals surface area contributed by atoms with Gasteiger partial charge in [-0.25, -0.2) is 4.98 Å². The first-order chi connectivity index (χ1) is 13.5. The van der Waals surface area contributed by atoms with Gasteiger partial charge in [-0.3, -0.25) is 14.2 Å². The van der Waals surface area contributed by atoms with Crippen molar-refractivity contribution in [2.75, 3.05) is 13.1 Å². The molecule has 146 valence electrons. The molecule has 28 heavy (non-hydrogen) atoms. The van der Waals surface area contributed by atoms with Crippen molar-refractivity contribution in [3.05, 3.63) is 62.5 Å². The van der Waals surface area contributed by atoms with Crippen LogP contribution in [0.1, 0.15) is 20.8 Å². The molecule has 0 aliphatic carbocycles. The molecular formula is C21H22IN3O2S. The van der Waals surface area contributed by atoms with Gasteiger partial charge >= 0.3 is 0 Å². The molecule has 1 unspecified atom stereocenters. The van der Waals surface area contributed by atoms with Gasteiger partial charge in [0.2, 0.25) is 5.91 Å². The van der Waals surface area contributed by atoms with Crippen LogP contribution in [0.3, 0.4) is 0 Å². The summed E-state index contributed by atoms with van der Waals surface area (Å²) in [6.45, 7) is 7.12. The molecule has 7 heteroatoms. The van der Waals surface area contributed by atoms with Crippen LogP contribution in [0.15, 0.2) is 58.5 Å². The second kappa shape index (κ2) is 9.09. The van der Waals surface area contributed by atoms with Gasteiger partial charge < -0.3 is 4.90 Å². The fraction of sp³-hybridized carbons (Fsp3) is 0.286. The van der Waals surface area contributed by atoms with Crippen molar-refractivity contribution in [3.8, 4) is 5.69 Å². The summed E-state index contributed by atoms with van der Waals surface area (Å²) in [4.78, 5) is 32.6. The normalized spacial score (nSPS) is 12.1. The summed E-state index contributed by atoms with van der Waals surface area (Å²) in [5.41, 5.74) is 1.26. The first-order valence-corrected chi connectivity index (χ1v) is 11.1. The zero-order valence-corrected chi connectivity index (χ0v) is 19.0. The quantitative estimate of drug-likeness (QED) is 0.283. The van der Waals surface area contributed by atoms with Crippen LogP contribution in [0.25, 0.3) is 16.6 Å². The maximum atomic E-state index is 13.3. The van der Waals surface area contributed by atoms with E-state index in [9.17, 15) is 9.59 Å². The van der Waals surface area contributed by atoms with Crippen LogP contribution in [-0.2, 0) is 4.79 Å². The molecule has 1 heterocycles. The molecule has 0 fully saturated rings. The first-order valence-electron chi connectivity index (χ1n) is 9.19. The second-order valence-electron chi connectivity index (χ2n) is 6.30. The molecule has 1 aromatic heterocycles. The van der Waals surface area contributed by atoms with E-state index >= 15 is 0 Å². The number of rotatable bonds is 6. The number of fused-ring (bicyclic) bond motifs is 1. The van der Waals surface area contributed by atoms with E-state index in [4.69, 9.17) is 4.98 Å². The Bertz CT molecular complexity index is 1050. The highest BCUT2D eigenvalue weighted by Gasteiger charge is 2.23. The molecule has 0 spiro atoms. The smallest absolute Gasteiger partial charge is 0.266 e. The molecule has 1 amide bonds. The highest BCUT2D eigenvalue weighted by atomic mass is 127. The molecule has 0 aliphatic heterocycles. The number of amides is 1. The van der Waals surface area contributed by atoms with Crippen molar-refractivity contribution in [3.63, 3.8) is 0 Å². The molecule has 0 saturated heterocycles. The average Bonchev–Trinajstić information content (AvgIpc) is 2.70. The second-order valence-corrected chi connectivity index (χ2v) is 8.86. The SMILES string of the molecule is CCN(CC)C(=O)C(C)Sc1nc2ccc(I)cc2c(=O)n1-c1ccccc1. The third-order valence-corrected chi connectivity index (χ3v) is 6.23. The topological polar surface area (TPSA) is 55.2 Å². The van der Waals surface area contributed by atoms with Gasteiger partial charge in [0, 0.05) is 16.7 Å².